The highest BCUT2D eigenvalue weighted by Crippen LogP contribution is 2.33. The van der Waals surface area contributed by atoms with Crippen molar-refractivity contribution >= 4 is 11.8 Å². The molecule has 0 bridgehead atoms. The van der Waals surface area contributed by atoms with Crippen molar-refractivity contribution in [2.45, 2.75) is 43.6 Å². The highest BCUT2D eigenvalue weighted by Gasteiger charge is 2.14. The summed E-state index contributed by atoms with van der Waals surface area (Å²) in [6.45, 7) is 4.77. The number of aromatic amines is 1. The molecule has 6 heteroatoms. The molecular formula is C14H18FN3OS. The average molecular weight is 295 g/mol. The van der Waals surface area contributed by atoms with Crippen LogP contribution in [0.15, 0.2) is 34.2 Å². The smallest absolute Gasteiger partial charge is 0.270 e. The van der Waals surface area contributed by atoms with Crippen LogP contribution in [0.25, 0.3) is 0 Å². The van der Waals surface area contributed by atoms with Crippen molar-refractivity contribution in [3.8, 4) is 0 Å². The fraction of sp³-hybridized carbons (Fsp3) is 0.429. The number of nitrogens with one attached hydrogen (secondary N) is 1. The summed E-state index contributed by atoms with van der Waals surface area (Å²) in [5.74, 6) is -0.245. The van der Waals surface area contributed by atoms with Crippen LogP contribution in [0.3, 0.4) is 0 Å². The first kappa shape index (κ1) is 14.8. The van der Waals surface area contributed by atoms with Gasteiger partial charge in [0.05, 0.1) is 0 Å². The Kier molecular flexibility index (Phi) is 5.00. The van der Waals surface area contributed by atoms with Gasteiger partial charge in [-0.15, -0.1) is 5.10 Å². The van der Waals surface area contributed by atoms with Gasteiger partial charge in [0.15, 0.2) is 5.16 Å². The van der Waals surface area contributed by atoms with E-state index in [2.05, 4.69) is 17.1 Å². The van der Waals surface area contributed by atoms with E-state index < -0.39 is 0 Å². The predicted octanol–water partition coefficient (Wildman–Crippen LogP) is 3.36. The van der Waals surface area contributed by atoms with Crippen molar-refractivity contribution in [2.24, 2.45) is 0 Å². The molecule has 0 aliphatic carbocycles. The molecule has 0 amide bonds. The molecule has 1 atom stereocenters. The van der Waals surface area contributed by atoms with Gasteiger partial charge in [-0.1, -0.05) is 37.2 Å². The van der Waals surface area contributed by atoms with E-state index in [0.29, 0.717) is 11.7 Å². The van der Waals surface area contributed by atoms with Gasteiger partial charge in [0, 0.05) is 11.8 Å². The van der Waals surface area contributed by atoms with Gasteiger partial charge in [0.1, 0.15) is 5.82 Å². The molecule has 0 saturated carbocycles. The van der Waals surface area contributed by atoms with Crippen LogP contribution in [0.4, 0.5) is 4.39 Å². The second-order valence-electron chi connectivity index (χ2n) is 4.63. The molecular weight excluding hydrogens is 277 g/mol. The lowest BCUT2D eigenvalue weighted by atomic mass is 10.2. The van der Waals surface area contributed by atoms with Crippen molar-refractivity contribution in [1.29, 1.82) is 0 Å². The van der Waals surface area contributed by atoms with Crippen molar-refractivity contribution in [3.63, 3.8) is 0 Å². The number of halogens is 1. The molecule has 1 N–H and O–H groups in total. The number of rotatable bonds is 6. The standard InChI is InChI=1S/C14H18FN3OS/c1-3-4-9-18-13(19)16-17-14(18)20-10(2)11-5-7-12(15)8-6-11/h5-8,10H,3-4,9H2,1-2H3,(H,16,19). The first-order valence-corrected chi connectivity index (χ1v) is 7.57. The lowest BCUT2D eigenvalue weighted by molar-refractivity contribution is 0.572. The maximum atomic E-state index is 12.9. The summed E-state index contributed by atoms with van der Waals surface area (Å²) >= 11 is 1.50. The topological polar surface area (TPSA) is 50.7 Å². The van der Waals surface area contributed by atoms with Gasteiger partial charge in [0.25, 0.3) is 0 Å². The molecule has 108 valence electrons. The molecule has 1 unspecified atom stereocenters. The van der Waals surface area contributed by atoms with E-state index in [-0.39, 0.29) is 16.8 Å². The molecule has 0 saturated heterocycles. The minimum absolute atomic E-state index is 0.103. The minimum atomic E-state index is -0.245. The molecule has 0 aliphatic heterocycles. The predicted molar refractivity (Wildman–Crippen MR) is 78.4 cm³/mol. The molecule has 0 spiro atoms. The van der Waals surface area contributed by atoms with Gasteiger partial charge in [-0.3, -0.25) is 4.57 Å². The van der Waals surface area contributed by atoms with E-state index in [1.54, 1.807) is 16.7 Å². The molecule has 1 heterocycles. The summed E-state index contributed by atoms with van der Waals surface area (Å²) in [7, 11) is 0. The van der Waals surface area contributed by atoms with Crippen molar-refractivity contribution in [3.05, 3.63) is 46.1 Å². The third kappa shape index (κ3) is 3.50. The Bertz CT molecular complexity index is 606. The first-order chi connectivity index (χ1) is 9.61. The Hall–Kier alpha value is -1.56. The lowest BCUT2D eigenvalue weighted by Gasteiger charge is -2.11. The summed E-state index contributed by atoms with van der Waals surface area (Å²) in [6.07, 6.45) is 1.97. The molecule has 2 aromatic rings. The number of aromatic nitrogens is 3. The van der Waals surface area contributed by atoms with Gasteiger partial charge in [-0.25, -0.2) is 14.3 Å². The average Bonchev–Trinajstić information content (AvgIpc) is 2.78. The SMILES string of the molecule is CCCCn1c(SC(C)c2ccc(F)cc2)n[nH]c1=O. The number of hydrogen-bond acceptors (Lipinski definition) is 3. The van der Waals surface area contributed by atoms with Crippen molar-refractivity contribution < 1.29 is 4.39 Å². The number of thioether (sulfide) groups is 1. The quantitative estimate of drug-likeness (QED) is 0.831. The molecule has 20 heavy (non-hydrogen) atoms. The zero-order valence-electron chi connectivity index (χ0n) is 11.6. The van der Waals surface area contributed by atoms with Crippen molar-refractivity contribution in [1.82, 2.24) is 14.8 Å². The maximum absolute atomic E-state index is 12.9. The molecule has 1 aromatic carbocycles. The summed E-state index contributed by atoms with van der Waals surface area (Å²) in [5, 5.41) is 7.34. The van der Waals surface area contributed by atoms with Crippen LogP contribution >= 0.6 is 11.8 Å². The number of H-pyrrole nitrogens is 1. The number of hydrogen-bond donors (Lipinski definition) is 1. The summed E-state index contributed by atoms with van der Waals surface area (Å²) < 4.78 is 14.6. The zero-order valence-corrected chi connectivity index (χ0v) is 12.4. The Balaban J connectivity index is 2.13. The third-order valence-corrected chi connectivity index (χ3v) is 4.23. The zero-order chi connectivity index (χ0) is 14.5. The minimum Gasteiger partial charge on any atom is -0.270 e. The highest BCUT2D eigenvalue weighted by molar-refractivity contribution is 7.99. The Morgan fingerprint density at radius 2 is 2.10 bits per heavy atom. The van der Waals surface area contributed by atoms with Gasteiger partial charge in [-0.2, -0.15) is 0 Å². The molecule has 0 radical (unpaired) electrons. The normalized spacial score (nSPS) is 12.6. The Labute approximate surface area is 121 Å². The van der Waals surface area contributed by atoms with Crippen LogP contribution in [0, 0.1) is 5.82 Å². The molecule has 0 aliphatic rings. The Morgan fingerprint density at radius 1 is 1.40 bits per heavy atom. The highest BCUT2D eigenvalue weighted by atomic mass is 32.2. The number of nitrogens with zero attached hydrogens (tertiary/aromatic N) is 2. The third-order valence-electron chi connectivity index (χ3n) is 3.08. The van der Waals surface area contributed by atoms with Gasteiger partial charge in [0.2, 0.25) is 0 Å². The van der Waals surface area contributed by atoms with E-state index in [4.69, 9.17) is 0 Å². The van der Waals surface area contributed by atoms with Gasteiger partial charge < -0.3 is 0 Å². The van der Waals surface area contributed by atoms with E-state index in [9.17, 15) is 9.18 Å². The fourth-order valence-corrected chi connectivity index (χ4v) is 2.88. The van der Waals surface area contributed by atoms with Crippen LogP contribution < -0.4 is 5.69 Å². The summed E-state index contributed by atoms with van der Waals surface area (Å²) in [6, 6.07) is 6.41. The summed E-state index contributed by atoms with van der Waals surface area (Å²) in [5.41, 5.74) is 0.834. The number of unbranched alkanes of at least 4 members (excludes halogenated alkanes) is 1. The van der Waals surface area contributed by atoms with Crippen LogP contribution in [0.2, 0.25) is 0 Å². The second kappa shape index (κ2) is 6.74. The van der Waals surface area contributed by atoms with Gasteiger partial charge in [-0.05, 0) is 31.0 Å². The van der Waals surface area contributed by atoms with Gasteiger partial charge >= 0.3 is 5.69 Å². The summed E-state index contributed by atoms with van der Waals surface area (Å²) in [4.78, 5) is 11.7. The van der Waals surface area contributed by atoms with E-state index in [1.165, 1.54) is 23.9 Å². The van der Waals surface area contributed by atoms with Crippen LogP contribution in [-0.2, 0) is 6.54 Å². The maximum Gasteiger partial charge on any atom is 0.343 e. The molecule has 1 aromatic heterocycles. The molecule has 0 fully saturated rings. The van der Waals surface area contributed by atoms with E-state index in [1.807, 2.05) is 6.92 Å². The monoisotopic (exact) mass is 295 g/mol. The molecule has 4 nitrogen and oxygen atoms in total. The second-order valence-corrected chi connectivity index (χ2v) is 5.94. The van der Waals surface area contributed by atoms with Crippen LogP contribution in [-0.4, -0.2) is 14.8 Å². The number of benzene rings is 1. The van der Waals surface area contributed by atoms with Crippen molar-refractivity contribution in [2.75, 3.05) is 0 Å². The van der Waals surface area contributed by atoms with Crippen LogP contribution in [0.5, 0.6) is 0 Å². The fourth-order valence-electron chi connectivity index (χ4n) is 1.87. The van der Waals surface area contributed by atoms with Crippen LogP contribution in [0.1, 0.15) is 37.5 Å². The lowest BCUT2D eigenvalue weighted by Crippen LogP contribution is -2.17. The van der Waals surface area contributed by atoms with E-state index >= 15 is 0 Å². The Morgan fingerprint density at radius 3 is 2.75 bits per heavy atom. The van der Waals surface area contributed by atoms with E-state index in [0.717, 1.165) is 18.4 Å². The largest absolute Gasteiger partial charge is 0.343 e. The molecule has 2 rings (SSSR count). The first-order valence-electron chi connectivity index (χ1n) is 6.69.